The normalized spacial score (nSPS) is 20.5. The third-order valence-corrected chi connectivity index (χ3v) is 2.41. The molecule has 1 rings (SSSR count). The highest BCUT2D eigenvalue weighted by atomic mass is 16.5. The summed E-state index contributed by atoms with van der Waals surface area (Å²) < 4.78 is 5.32. The molecule has 1 aliphatic rings. The fourth-order valence-corrected chi connectivity index (χ4v) is 1.90. The van der Waals surface area contributed by atoms with Gasteiger partial charge < -0.3 is 10.1 Å². The van der Waals surface area contributed by atoms with Gasteiger partial charge in [-0.05, 0) is 12.5 Å². The van der Waals surface area contributed by atoms with Gasteiger partial charge in [-0.3, -0.25) is 4.90 Å². The van der Waals surface area contributed by atoms with Crippen LogP contribution in [0.5, 0.6) is 0 Å². The van der Waals surface area contributed by atoms with E-state index in [1.165, 1.54) is 0 Å². The van der Waals surface area contributed by atoms with Gasteiger partial charge in [-0.25, -0.2) is 0 Å². The molecule has 3 nitrogen and oxygen atoms in total. The molecule has 13 heavy (non-hydrogen) atoms. The number of nitrogens with zero attached hydrogens (tertiary/aromatic N) is 1. The van der Waals surface area contributed by atoms with E-state index in [1.807, 2.05) is 7.05 Å². The Morgan fingerprint density at radius 1 is 1.31 bits per heavy atom. The van der Waals surface area contributed by atoms with Gasteiger partial charge in [-0.1, -0.05) is 13.8 Å². The fourth-order valence-electron chi connectivity index (χ4n) is 1.90. The van der Waals surface area contributed by atoms with Crippen LogP contribution in [0, 0.1) is 5.41 Å². The Hall–Kier alpha value is -0.120. The van der Waals surface area contributed by atoms with Crippen LogP contribution in [0.2, 0.25) is 0 Å². The van der Waals surface area contributed by atoms with Crippen molar-refractivity contribution in [1.29, 1.82) is 0 Å². The van der Waals surface area contributed by atoms with E-state index in [9.17, 15) is 0 Å². The maximum absolute atomic E-state index is 5.32. The molecule has 78 valence electrons. The van der Waals surface area contributed by atoms with Gasteiger partial charge in [0.15, 0.2) is 0 Å². The summed E-state index contributed by atoms with van der Waals surface area (Å²) in [5.74, 6) is 0. The standard InChI is InChI=1S/C10H22N2O/c1-10(2,8-11-3)9-12-4-6-13-7-5-12/h11H,4-9H2,1-3H3. The first kappa shape index (κ1) is 11.0. The quantitative estimate of drug-likeness (QED) is 0.694. The van der Waals surface area contributed by atoms with E-state index >= 15 is 0 Å². The molecular weight excluding hydrogens is 164 g/mol. The summed E-state index contributed by atoms with van der Waals surface area (Å²) in [7, 11) is 2.01. The number of morpholine rings is 1. The van der Waals surface area contributed by atoms with Gasteiger partial charge in [0.05, 0.1) is 13.2 Å². The molecule has 1 fully saturated rings. The van der Waals surface area contributed by atoms with E-state index in [-0.39, 0.29) is 0 Å². The maximum atomic E-state index is 5.32. The molecule has 1 N–H and O–H groups in total. The first-order chi connectivity index (χ1) is 6.14. The zero-order valence-corrected chi connectivity index (χ0v) is 9.10. The lowest BCUT2D eigenvalue weighted by molar-refractivity contribution is 0.0215. The number of ether oxygens (including phenoxy) is 1. The first-order valence-corrected chi connectivity index (χ1v) is 5.09. The number of hydrogen-bond acceptors (Lipinski definition) is 3. The van der Waals surface area contributed by atoms with Crippen LogP contribution in [0.4, 0.5) is 0 Å². The first-order valence-electron chi connectivity index (χ1n) is 5.09. The summed E-state index contributed by atoms with van der Waals surface area (Å²) in [5.41, 5.74) is 0.367. The second kappa shape index (κ2) is 4.94. The smallest absolute Gasteiger partial charge is 0.0594 e. The van der Waals surface area contributed by atoms with Crippen LogP contribution in [-0.4, -0.2) is 51.3 Å². The van der Waals surface area contributed by atoms with Crippen molar-refractivity contribution in [2.24, 2.45) is 5.41 Å². The van der Waals surface area contributed by atoms with Crippen molar-refractivity contribution in [3.8, 4) is 0 Å². The third-order valence-electron chi connectivity index (χ3n) is 2.41. The molecule has 1 aliphatic heterocycles. The van der Waals surface area contributed by atoms with E-state index in [1.54, 1.807) is 0 Å². The minimum absolute atomic E-state index is 0.367. The van der Waals surface area contributed by atoms with Gasteiger partial charge in [-0.15, -0.1) is 0 Å². The Morgan fingerprint density at radius 3 is 2.46 bits per heavy atom. The predicted molar refractivity (Wildman–Crippen MR) is 55.0 cm³/mol. The highest BCUT2D eigenvalue weighted by Gasteiger charge is 2.22. The molecular formula is C10H22N2O. The molecule has 0 amide bonds. The maximum Gasteiger partial charge on any atom is 0.0594 e. The van der Waals surface area contributed by atoms with E-state index in [2.05, 4.69) is 24.1 Å². The molecule has 3 heteroatoms. The van der Waals surface area contributed by atoms with Crippen molar-refractivity contribution in [3.05, 3.63) is 0 Å². The molecule has 0 aromatic carbocycles. The van der Waals surface area contributed by atoms with Crippen LogP contribution < -0.4 is 5.32 Å². The molecule has 0 aliphatic carbocycles. The summed E-state index contributed by atoms with van der Waals surface area (Å²) in [4.78, 5) is 2.49. The lowest BCUT2D eigenvalue weighted by Crippen LogP contribution is -2.44. The van der Waals surface area contributed by atoms with E-state index in [0.717, 1.165) is 39.4 Å². The summed E-state index contributed by atoms with van der Waals surface area (Å²) in [6, 6.07) is 0. The second-order valence-corrected chi connectivity index (χ2v) is 4.58. The largest absolute Gasteiger partial charge is 0.379 e. The van der Waals surface area contributed by atoms with Gasteiger partial charge in [0.1, 0.15) is 0 Å². The molecule has 0 saturated carbocycles. The molecule has 1 heterocycles. The van der Waals surface area contributed by atoms with Crippen molar-refractivity contribution < 1.29 is 4.74 Å². The van der Waals surface area contributed by atoms with E-state index in [0.29, 0.717) is 5.41 Å². The number of nitrogens with one attached hydrogen (secondary N) is 1. The summed E-state index contributed by atoms with van der Waals surface area (Å²) in [5, 5.41) is 3.24. The summed E-state index contributed by atoms with van der Waals surface area (Å²) in [6.45, 7) is 10.8. The average Bonchev–Trinajstić information content (AvgIpc) is 2.04. The Labute approximate surface area is 81.4 Å². The van der Waals surface area contributed by atoms with Gasteiger partial charge in [-0.2, -0.15) is 0 Å². The van der Waals surface area contributed by atoms with E-state index < -0.39 is 0 Å². The van der Waals surface area contributed by atoms with Crippen molar-refractivity contribution >= 4 is 0 Å². The third kappa shape index (κ3) is 4.07. The molecule has 0 aromatic rings. The zero-order valence-electron chi connectivity index (χ0n) is 9.10. The molecule has 1 saturated heterocycles. The van der Waals surface area contributed by atoms with Crippen molar-refractivity contribution in [1.82, 2.24) is 10.2 Å². The minimum Gasteiger partial charge on any atom is -0.379 e. The van der Waals surface area contributed by atoms with Gasteiger partial charge >= 0.3 is 0 Å². The molecule has 0 unspecified atom stereocenters. The van der Waals surface area contributed by atoms with Crippen LogP contribution in [0.1, 0.15) is 13.8 Å². The van der Waals surface area contributed by atoms with Crippen LogP contribution >= 0.6 is 0 Å². The zero-order chi connectivity index (χ0) is 9.73. The van der Waals surface area contributed by atoms with E-state index in [4.69, 9.17) is 4.74 Å². The summed E-state index contributed by atoms with van der Waals surface area (Å²) in [6.07, 6.45) is 0. The monoisotopic (exact) mass is 186 g/mol. The topological polar surface area (TPSA) is 24.5 Å². The lowest BCUT2D eigenvalue weighted by atomic mass is 9.92. The minimum atomic E-state index is 0.367. The molecule has 0 radical (unpaired) electrons. The van der Waals surface area contributed by atoms with Gasteiger partial charge in [0.25, 0.3) is 0 Å². The van der Waals surface area contributed by atoms with Gasteiger partial charge in [0, 0.05) is 26.2 Å². The van der Waals surface area contributed by atoms with Crippen LogP contribution in [-0.2, 0) is 4.74 Å². The molecule has 0 atom stereocenters. The second-order valence-electron chi connectivity index (χ2n) is 4.58. The predicted octanol–water partition coefficient (Wildman–Crippen LogP) is 0.564. The number of hydrogen-bond donors (Lipinski definition) is 1. The van der Waals surface area contributed by atoms with Gasteiger partial charge in [0.2, 0.25) is 0 Å². The van der Waals surface area contributed by atoms with Crippen LogP contribution in [0.25, 0.3) is 0 Å². The lowest BCUT2D eigenvalue weighted by Gasteiger charge is -2.34. The highest BCUT2D eigenvalue weighted by Crippen LogP contribution is 2.16. The molecule has 0 aromatic heterocycles. The molecule has 0 bridgehead atoms. The average molecular weight is 186 g/mol. The fraction of sp³-hybridized carbons (Fsp3) is 1.00. The van der Waals surface area contributed by atoms with Crippen molar-refractivity contribution in [2.75, 3.05) is 46.4 Å². The summed E-state index contributed by atoms with van der Waals surface area (Å²) >= 11 is 0. The Morgan fingerprint density at radius 2 is 1.92 bits per heavy atom. The van der Waals surface area contributed by atoms with Crippen molar-refractivity contribution in [2.45, 2.75) is 13.8 Å². The number of rotatable bonds is 4. The molecule has 0 spiro atoms. The highest BCUT2D eigenvalue weighted by molar-refractivity contribution is 4.76. The van der Waals surface area contributed by atoms with Crippen LogP contribution in [0.15, 0.2) is 0 Å². The Bertz CT molecular complexity index is 142. The Kier molecular flexibility index (Phi) is 4.16. The van der Waals surface area contributed by atoms with Crippen LogP contribution in [0.3, 0.4) is 0 Å². The SMILES string of the molecule is CNCC(C)(C)CN1CCOCC1. The van der Waals surface area contributed by atoms with Crippen molar-refractivity contribution in [3.63, 3.8) is 0 Å². The Balaban J connectivity index is 2.28.